The zero-order chi connectivity index (χ0) is 13.8. The molecule has 0 N–H and O–H groups in total. The van der Waals surface area contributed by atoms with Crippen molar-refractivity contribution in [1.82, 2.24) is 9.80 Å². The minimum absolute atomic E-state index is 0.269. The highest BCUT2D eigenvalue weighted by Crippen LogP contribution is 2.28. The topological polar surface area (TPSA) is 23.6 Å². The zero-order valence-corrected chi connectivity index (χ0v) is 12.1. The van der Waals surface area contributed by atoms with E-state index >= 15 is 0 Å². The first-order valence-electron chi connectivity index (χ1n) is 7.93. The van der Waals surface area contributed by atoms with E-state index in [4.69, 9.17) is 0 Å². The highest BCUT2D eigenvalue weighted by Gasteiger charge is 2.30. The molecule has 2 fully saturated rings. The van der Waals surface area contributed by atoms with Crippen LogP contribution in [0.5, 0.6) is 0 Å². The molecule has 2 aliphatic heterocycles. The summed E-state index contributed by atoms with van der Waals surface area (Å²) in [7, 11) is 0. The van der Waals surface area contributed by atoms with Crippen LogP contribution < -0.4 is 0 Å². The number of carbonyl (C=O) groups excluding carboxylic acids is 1. The summed E-state index contributed by atoms with van der Waals surface area (Å²) in [6.07, 6.45) is 5.99. The van der Waals surface area contributed by atoms with Crippen molar-refractivity contribution in [3.05, 3.63) is 35.9 Å². The molecule has 1 aromatic carbocycles. The van der Waals surface area contributed by atoms with Crippen molar-refractivity contribution >= 4 is 6.03 Å². The molecule has 2 aliphatic rings. The fourth-order valence-corrected chi connectivity index (χ4v) is 3.39. The van der Waals surface area contributed by atoms with Crippen LogP contribution in [0.1, 0.15) is 43.6 Å². The second-order valence-corrected chi connectivity index (χ2v) is 6.03. The van der Waals surface area contributed by atoms with Crippen molar-refractivity contribution < 1.29 is 4.79 Å². The average Bonchev–Trinajstić information content (AvgIpc) is 2.83. The van der Waals surface area contributed by atoms with Gasteiger partial charge in [-0.25, -0.2) is 4.79 Å². The van der Waals surface area contributed by atoms with Gasteiger partial charge in [0.1, 0.15) is 0 Å². The van der Waals surface area contributed by atoms with Crippen molar-refractivity contribution in [1.29, 1.82) is 0 Å². The SMILES string of the molecule is O=C(N1CCCCCC1)N1CCC(c2ccccc2)C1. The van der Waals surface area contributed by atoms with Gasteiger partial charge in [0.25, 0.3) is 0 Å². The number of amides is 2. The van der Waals surface area contributed by atoms with Crippen LogP contribution in [0.3, 0.4) is 0 Å². The maximum absolute atomic E-state index is 12.6. The summed E-state index contributed by atoms with van der Waals surface area (Å²) in [6.45, 7) is 3.70. The second-order valence-electron chi connectivity index (χ2n) is 6.03. The summed E-state index contributed by atoms with van der Waals surface area (Å²) < 4.78 is 0. The van der Waals surface area contributed by atoms with E-state index in [-0.39, 0.29) is 6.03 Å². The van der Waals surface area contributed by atoms with Gasteiger partial charge in [-0.1, -0.05) is 43.2 Å². The Morgan fingerprint density at radius 2 is 1.60 bits per heavy atom. The van der Waals surface area contributed by atoms with Gasteiger partial charge in [-0.15, -0.1) is 0 Å². The molecule has 1 aromatic rings. The molecule has 0 spiro atoms. The predicted octanol–water partition coefficient (Wildman–Crippen LogP) is 3.47. The van der Waals surface area contributed by atoms with Gasteiger partial charge in [-0.2, -0.15) is 0 Å². The Balaban J connectivity index is 1.60. The molecule has 1 atom stereocenters. The number of urea groups is 1. The largest absolute Gasteiger partial charge is 0.325 e. The smallest absolute Gasteiger partial charge is 0.320 e. The summed E-state index contributed by atoms with van der Waals surface area (Å²) in [4.78, 5) is 16.7. The van der Waals surface area contributed by atoms with E-state index in [1.54, 1.807) is 0 Å². The van der Waals surface area contributed by atoms with Crippen LogP contribution in [0.25, 0.3) is 0 Å². The number of carbonyl (C=O) groups is 1. The van der Waals surface area contributed by atoms with E-state index in [9.17, 15) is 4.79 Å². The number of rotatable bonds is 1. The first kappa shape index (κ1) is 13.5. The maximum Gasteiger partial charge on any atom is 0.320 e. The number of nitrogens with zero attached hydrogens (tertiary/aromatic N) is 2. The Labute approximate surface area is 121 Å². The Bertz CT molecular complexity index is 438. The molecule has 0 aromatic heterocycles. The van der Waals surface area contributed by atoms with E-state index in [0.717, 1.165) is 32.6 Å². The van der Waals surface area contributed by atoms with Gasteiger partial charge in [-0.3, -0.25) is 0 Å². The third kappa shape index (κ3) is 2.97. The Morgan fingerprint density at radius 1 is 0.900 bits per heavy atom. The Hall–Kier alpha value is -1.51. The molecule has 2 saturated heterocycles. The summed E-state index contributed by atoms with van der Waals surface area (Å²) in [5.74, 6) is 0.520. The standard InChI is InChI=1S/C17H24N2O/c20-17(18-11-6-1-2-7-12-18)19-13-10-16(14-19)15-8-4-3-5-9-15/h3-5,8-9,16H,1-2,6-7,10-14H2. The Kier molecular flexibility index (Phi) is 4.24. The molecule has 2 heterocycles. The average molecular weight is 272 g/mol. The fraction of sp³-hybridized carbons (Fsp3) is 0.588. The molecule has 20 heavy (non-hydrogen) atoms. The van der Waals surface area contributed by atoms with Crippen LogP contribution in [0, 0.1) is 0 Å². The van der Waals surface area contributed by atoms with Crippen LogP contribution in [0.15, 0.2) is 30.3 Å². The van der Waals surface area contributed by atoms with Crippen LogP contribution in [0.2, 0.25) is 0 Å². The molecule has 2 amide bonds. The van der Waals surface area contributed by atoms with Crippen molar-refractivity contribution in [3.63, 3.8) is 0 Å². The van der Waals surface area contributed by atoms with Crippen molar-refractivity contribution in [2.45, 2.75) is 38.0 Å². The lowest BCUT2D eigenvalue weighted by molar-refractivity contribution is 0.164. The normalized spacial score (nSPS) is 23.7. The minimum Gasteiger partial charge on any atom is -0.325 e. The van der Waals surface area contributed by atoms with Gasteiger partial charge in [0, 0.05) is 32.1 Å². The monoisotopic (exact) mass is 272 g/mol. The Morgan fingerprint density at radius 3 is 2.30 bits per heavy atom. The lowest BCUT2D eigenvalue weighted by Gasteiger charge is -2.27. The van der Waals surface area contributed by atoms with Crippen molar-refractivity contribution in [2.75, 3.05) is 26.2 Å². The summed E-state index contributed by atoms with van der Waals surface area (Å²) >= 11 is 0. The van der Waals surface area contributed by atoms with E-state index < -0.39 is 0 Å². The van der Waals surface area contributed by atoms with E-state index in [0.29, 0.717) is 5.92 Å². The molecule has 1 unspecified atom stereocenters. The first-order valence-corrected chi connectivity index (χ1v) is 7.93. The minimum atomic E-state index is 0.269. The highest BCUT2D eigenvalue weighted by molar-refractivity contribution is 5.75. The molecule has 3 nitrogen and oxygen atoms in total. The van der Waals surface area contributed by atoms with E-state index in [1.807, 2.05) is 0 Å². The molecule has 0 saturated carbocycles. The van der Waals surface area contributed by atoms with Crippen LogP contribution in [-0.2, 0) is 0 Å². The van der Waals surface area contributed by atoms with Crippen LogP contribution >= 0.6 is 0 Å². The van der Waals surface area contributed by atoms with Gasteiger partial charge in [0.2, 0.25) is 0 Å². The van der Waals surface area contributed by atoms with Gasteiger partial charge in [-0.05, 0) is 24.8 Å². The number of hydrogen-bond acceptors (Lipinski definition) is 1. The first-order chi connectivity index (χ1) is 9.84. The number of benzene rings is 1. The molecule has 3 heteroatoms. The highest BCUT2D eigenvalue weighted by atomic mass is 16.2. The van der Waals surface area contributed by atoms with Gasteiger partial charge in [0.05, 0.1) is 0 Å². The quantitative estimate of drug-likeness (QED) is 0.768. The lowest BCUT2D eigenvalue weighted by Crippen LogP contribution is -2.42. The molecular weight excluding hydrogens is 248 g/mol. The molecule has 0 bridgehead atoms. The summed E-state index contributed by atoms with van der Waals surface area (Å²) in [5, 5.41) is 0. The van der Waals surface area contributed by atoms with Crippen LogP contribution in [0.4, 0.5) is 4.79 Å². The summed E-state index contributed by atoms with van der Waals surface area (Å²) in [6, 6.07) is 10.9. The van der Waals surface area contributed by atoms with Gasteiger partial charge < -0.3 is 9.80 Å². The molecule has 0 radical (unpaired) electrons. The number of likely N-dealkylation sites (tertiary alicyclic amines) is 2. The third-order valence-corrected chi connectivity index (χ3v) is 4.61. The predicted molar refractivity (Wildman–Crippen MR) is 80.8 cm³/mol. The van der Waals surface area contributed by atoms with Crippen molar-refractivity contribution in [3.8, 4) is 0 Å². The second kappa shape index (κ2) is 6.29. The van der Waals surface area contributed by atoms with E-state index in [2.05, 4.69) is 40.1 Å². The zero-order valence-electron chi connectivity index (χ0n) is 12.1. The van der Waals surface area contributed by atoms with Crippen LogP contribution in [-0.4, -0.2) is 42.0 Å². The van der Waals surface area contributed by atoms with Gasteiger partial charge in [0.15, 0.2) is 0 Å². The fourth-order valence-electron chi connectivity index (χ4n) is 3.39. The summed E-state index contributed by atoms with van der Waals surface area (Å²) in [5.41, 5.74) is 1.37. The van der Waals surface area contributed by atoms with E-state index in [1.165, 1.54) is 31.2 Å². The maximum atomic E-state index is 12.6. The number of hydrogen-bond donors (Lipinski definition) is 0. The van der Waals surface area contributed by atoms with Gasteiger partial charge >= 0.3 is 6.03 Å². The third-order valence-electron chi connectivity index (χ3n) is 4.61. The molecule has 108 valence electrons. The molecule has 0 aliphatic carbocycles. The molecular formula is C17H24N2O. The molecule has 3 rings (SSSR count). The lowest BCUT2D eigenvalue weighted by atomic mass is 9.99. The van der Waals surface area contributed by atoms with Crippen molar-refractivity contribution in [2.24, 2.45) is 0 Å².